The molecule has 4 rings (SSSR count). The summed E-state index contributed by atoms with van der Waals surface area (Å²) in [5.74, 6) is 3.20. The predicted octanol–water partition coefficient (Wildman–Crippen LogP) is 4.91. The van der Waals surface area contributed by atoms with Crippen molar-refractivity contribution in [2.75, 3.05) is 47.4 Å². The highest BCUT2D eigenvalue weighted by Crippen LogP contribution is 2.43. The third-order valence-corrected chi connectivity index (χ3v) is 6.20. The summed E-state index contributed by atoms with van der Waals surface area (Å²) in [4.78, 5) is 15.4. The molecule has 0 fully saturated rings. The van der Waals surface area contributed by atoms with Gasteiger partial charge < -0.3 is 33.9 Å². The first-order valence-corrected chi connectivity index (χ1v) is 11.2. The number of benzene rings is 3. The van der Waals surface area contributed by atoms with E-state index in [1.54, 1.807) is 35.5 Å². The molecule has 8 nitrogen and oxygen atoms in total. The molecule has 2 amide bonds. The van der Waals surface area contributed by atoms with Crippen LogP contribution in [0.15, 0.2) is 54.6 Å². The van der Waals surface area contributed by atoms with Crippen molar-refractivity contribution in [3.63, 3.8) is 0 Å². The lowest BCUT2D eigenvalue weighted by Crippen LogP contribution is -2.43. The Balaban J connectivity index is 1.77. The number of carbonyl (C=O) groups is 1. The van der Waals surface area contributed by atoms with E-state index in [-0.39, 0.29) is 12.1 Å². The quantitative estimate of drug-likeness (QED) is 0.520. The number of nitrogens with zero attached hydrogens (tertiary/aromatic N) is 1. The molecule has 1 aliphatic rings. The van der Waals surface area contributed by atoms with Crippen LogP contribution in [0.2, 0.25) is 0 Å². The second-order valence-electron chi connectivity index (χ2n) is 8.03. The van der Waals surface area contributed by atoms with Crippen molar-refractivity contribution in [3.8, 4) is 28.7 Å². The van der Waals surface area contributed by atoms with E-state index in [0.29, 0.717) is 41.7 Å². The number of nitrogens with one attached hydrogen (secondary N) is 1. The smallest absolute Gasteiger partial charge is 0.322 e. The lowest BCUT2D eigenvalue weighted by atomic mass is 9.87. The topological polar surface area (TPSA) is 78.5 Å². The van der Waals surface area contributed by atoms with Gasteiger partial charge in [0.15, 0.2) is 23.0 Å². The van der Waals surface area contributed by atoms with E-state index >= 15 is 0 Å². The highest BCUT2D eigenvalue weighted by atomic mass is 16.5. The zero-order chi connectivity index (χ0) is 24.9. The van der Waals surface area contributed by atoms with Gasteiger partial charge in [-0.1, -0.05) is 6.07 Å². The van der Waals surface area contributed by atoms with Gasteiger partial charge in [0, 0.05) is 12.2 Å². The zero-order valence-corrected chi connectivity index (χ0v) is 20.6. The average molecular weight is 479 g/mol. The van der Waals surface area contributed by atoms with Crippen molar-refractivity contribution in [1.29, 1.82) is 0 Å². The van der Waals surface area contributed by atoms with Crippen molar-refractivity contribution >= 4 is 11.7 Å². The maximum absolute atomic E-state index is 13.5. The van der Waals surface area contributed by atoms with Crippen molar-refractivity contribution in [2.45, 2.75) is 12.5 Å². The van der Waals surface area contributed by atoms with E-state index in [2.05, 4.69) is 5.32 Å². The fourth-order valence-electron chi connectivity index (χ4n) is 4.42. The van der Waals surface area contributed by atoms with Crippen LogP contribution in [0.25, 0.3) is 0 Å². The minimum atomic E-state index is -0.378. The van der Waals surface area contributed by atoms with Gasteiger partial charge in [0.05, 0.1) is 41.6 Å². The summed E-state index contributed by atoms with van der Waals surface area (Å²) in [6.45, 7) is 0.517. The molecule has 0 saturated heterocycles. The van der Waals surface area contributed by atoms with Crippen LogP contribution in [-0.4, -0.2) is 53.0 Å². The van der Waals surface area contributed by atoms with E-state index in [0.717, 1.165) is 22.4 Å². The fraction of sp³-hybridized carbons (Fsp3) is 0.296. The summed E-state index contributed by atoms with van der Waals surface area (Å²) in [5, 5.41) is 3.02. The first kappa shape index (κ1) is 24.1. The van der Waals surface area contributed by atoms with Gasteiger partial charge in [-0.25, -0.2) is 4.79 Å². The molecule has 3 aromatic rings. The third-order valence-electron chi connectivity index (χ3n) is 6.20. The molecule has 1 unspecified atom stereocenters. The summed E-state index contributed by atoms with van der Waals surface area (Å²) in [7, 11) is 8.02. The highest BCUT2D eigenvalue weighted by molar-refractivity contribution is 5.90. The normalized spacial score (nSPS) is 14.5. The summed E-state index contributed by atoms with van der Waals surface area (Å²) < 4.78 is 27.3. The molecule has 1 heterocycles. The molecule has 1 N–H and O–H groups in total. The van der Waals surface area contributed by atoms with Crippen LogP contribution in [0, 0.1) is 0 Å². The van der Waals surface area contributed by atoms with E-state index < -0.39 is 0 Å². The second kappa shape index (κ2) is 10.5. The largest absolute Gasteiger partial charge is 0.497 e. The van der Waals surface area contributed by atoms with Crippen molar-refractivity contribution in [2.24, 2.45) is 0 Å². The maximum Gasteiger partial charge on any atom is 0.322 e. The Morgan fingerprint density at radius 2 is 1.40 bits per heavy atom. The van der Waals surface area contributed by atoms with Crippen LogP contribution in [0.4, 0.5) is 10.5 Å². The van der Waals surface area contributed by atoms with Gasteiger partial charge in [-0.3, -0.25) is 0 Å². The van der Waals surface area contributed by atoms with E-state index in [9.17, 15) is 4.79 Å². The Bertz CT molecular complexity index is 1200. The van der Waals surface area contributed by atoms with Crippen LogP contribution < -0.4 is 29.0 Å². The molecule has 0 bridgehead atoms. The molecule has 184 valence electrons. The van der Waals surface area contributed by atoms with Crippen molar-refractivity contribution < 1.29 is 28.5 Å². The summed E-state index contributed by atoms with van der Waals surface area (Å²) in [6.07, 6.45) is 0.676. The second-order valence-corrected chi connectivity index (χ2v) is 8.03. The number of carbonyl (C=O) groups excluding carboxylic acids is 1. The Kier molecular flexibility index (Phi) is 7.19. The molecule has 0 radical (unpaired) electrons. The Hall–Kier alpha value is -4.07. The first-order chi connectivity index (χ1) is 17.0. The molecule has 0 spiro atoms. The maximum atomic E-state index is 13.5. The molecule has 0 aliphatic carbocycles. The molecule has 1 atom stereocenters. The Morgan fingerprint density at radius 1 is 0.771 bits per heavy atom. The number of hydrogen-bond donors (Lipinski definition) is 1. The number of rotatable bonds is 7. The molecule has 8 heteroatoms. The number of ether oxygens (including phenoxy) is 5. The molecule has 0 saturated carbocycles. The summed E-state index contributed by atoms with van der Waals surface area (Å²) in [6, 6.07) is 16.3. The number of urea groups is 1. The molecule has 3 aromatic carbocycles. The number of amides is 2. The van der Waals surface area contributed by atoms with Gasteiger partial charge in [0.1, 0.15) is 5.75 Å². The van der Waals surface area contributed by atoms with Gasteiger partial charge in [-0.2, -0.15) is 0 Å². The fourth-order valence-corrected chi connectivity index (χ4v) is 4.42. The van der Waals surface area contributed by atoms with E-state index in [1.165, 1.54) is 0 Å². The molecule has 35 heavy (non-hydrogen) atoms. The number of methoxy groups -OCH3 is 5. The highest BCUT2D eigenvalue weighted by Gasteiger charge is 2.34. The zero-order valence-electron chi connectivity index (χ0n) is 20.6. The number of fused-ring (bicyclic) bond motifs is 1. The Labute approximate surface area is 205 Å². The van der Waals surface area contributed by atoms with Gasteiger partial charge in [-0.05, 0) is 71.6 Å². The summed E-state index contributed by atoms with van der Waals surface area (Å²) >= 11 is 0. The van der Waals surface area contributed by atoms with Crippen LogP contribution in [0.5, 0.6) is 28.7 Å². The third kappa shape index (κ3) is 4.77. The van der Waals surface area contributed by atoms with Gasteiger partial charge >= 0.3 is 6.03 Å². The van der Waals surface area contributed by atoms with Crippen molar-refractivity contribution in [1.82, 2.24) is 4.90 Å². The predicted molar refractivity (Wildman–Crippen MR) is 133 cm³/mol. The standard InChI is InChI=1S/C27H30N2O6/c1-31-20-9-7-19(8-10-20)28-27(30)29-13-12-17-14-24(34-4)25(35-5)16-21(17)26(29)18-6-11-22(32-2)23(15-18)33-3/h6-11,14-16,26H,12-13H2,1-5H3,(H,28,30). The molecular weight excluding hydrogens is 448 g/mol. The number of hydrogen-bond acceptors (Lipinski definition) is 6. The minimum absolute atomic E-state index is 0.213. The lowest BCUT2D eigenvalue weighted by molar-refractivity contribution is 0.193. The molecular formula is C27H30N2O6. The van der Waals surface area contributed by atoms with Crippen LogP contribution in [0.3, 0.4) is 0 Å². The molecule has 1 aliphatic heterocycles. The average Bonchev–Trinajstić information content (AvgIpc) is 2.91. The van der Waals surface area contributed by atoms with Gasteiger partial charge in [0.2, 0.25) is 0 Å². The lowest BCUT2D eigenvalue weighted by Gasteiger charge is -2.38. The van der Waals surface area contributed by atoms with Crippen LogP contribution in [0.1, 0.15) is 22.7 Å². The van der Waals surface area contributed by atoms with Crippen LogP contribution >= 0.6 is 0 Å². The van der Waals surface area contributed by atoms with E-state index in [4.69, 9.17) is 23.7 Å². The number of anilines is 1. The SMILES string of the molecule is COc1ccc(NC(=O)N2CCc3cc(OC)c(OC)cc3C2c2ccc(OC)c(OC)c2)cc1. The Morgan fingerprint density at radius 3 is 2.03 bits per heavy atom. The first-order valence-electron chi connectivity index (χ1n) is 11.2. The summed E-state index contributed by atoms with van der Waals surface area (Å²) in [5.41, 5.74) is 3.63. The van der Waals surface area contributed by atoms with Crippen molar-refractivity contribution in [3.05, 3.63) is 71.3 Å². The van der Waals surface area contributed by atoms with E-state index in [1.807, 2.05) is 59.5 Å². The van der Waals surface area contributed by atoms with Gasteiger partial charge in [-0.15, -0.1) is 0 Å². The minimum Gasteiger partial charge on any atom is -0.497 e. The molecule has 0 aromatic heterocycles. The van der Waals surface area contributed by atoms with Crippen LogP contribution in [-0.2, 0) is 6.42 Å². The monoisotopic (exact) mass is 478 g/mol. The van der Waals surface area contributed by atoms with Gasteiger partial charge in [0.25, 0.3) is 0 Å².